The van der Waals surface area contributed by atoms with Gasteiger partial charge in [0.15, 0.2) is 0 Å². The summed E-state index contributed by atoms with van der Waals surface area (Å²) in [5, 5.41) is 0. The van der Waals surface area contributed by atoms with E-state index in [4.69, 9.17) is 4.74 Å². The van der Waals surface area contributed by atoms with E-state index in [0.717, 1.165) is 0 Å². The molecule has 0 radical (unpaired) electrons. The van der Waals surface area contributed by atoms with Gasteiger partial charge < -0.3 is 9.15 Å². The third kappa shape index (κ3) is 1.97. The molecule has 0 unspecified atom stereocenters. The highest BCUT2D eigenvalue weighted by molar-refractivity contribution is 5.88. The topological polar surface area (TPSA) is 39.4 Å². The summed E-state index contributed by atoms with van der Waals surface area (Å²) >= 11 is 0. The first-order valence-corrected chi connectivity index (χ1v) is 3.15. The third-order valence-electron chi connectivity index (χ3n) is 1.09. The van der Waals surface area contributed by atoms with E-state index in [2.05, 4.69) is 11.0 Å². The van der Waals surface area contributed by atoms with Crippen molar-refractivity contribution in [2.75, 3.05) is 6.61 Å². The molecule has 1 aromatic heterocycles. The number of furan rings is 1. The first-order chi connectivity index (χ1) is 5.34. The van der Waals surface area contributed by atoms with Crippen molar-refractivity contribution in [3.63, 3.8) is 0 Å². The maximum absolute atomic E-state index is 10.9. The van der Waals surface area contributed by atoms with Crippen LogP contribution < -0.4 is 0 Å². The number of hydrogen-bond acceptors (Lipinski definition) is 3. The van der Waals surface area contributed by atoms with E-state index in [-0.39, 0.29) is 6.61 Å². The zero-order valence-corrected chi connectivity index (χ0v) is 5.95. The predicted octanol–water partition coefficient (Wildman–Crippen LogP) is 1.62. The van der Waals surface area contributed by atoms with Crippen molar-refractivity contribution < 1.29 is 13.9 Å². The van der Waals surface area contributed by atoms with Gasteiger partial charge in [0.05, 0.1) is 11.8 Å². The molecular weight excluding hydrogens is 144 g/mol. The summed E-state index contributed by atoms with van der Waals surface area (Å²) in [6.07, 6.45) is 4.27. The van der Waals surface area contributed by atoms with E-state index in [1.54, 1.807) is 6.07 Å². The van der Waals surface area contributed by atoms with Crippen molar-refractivity contribution in [2.24, 2.45) is 0 Å². The fourth-order valence-corrected chi connectivity index (χ4v) is 0.599. The minimum absolute atomic E-state index is 0.226. The summed E-state index contributed by atoms with van der Waals surface area (Å²) in [7, 11) is 0. The summed E-state index contributed by atoms with van der Waals surface area (Å²) in [6.45, 7) is 3.64. The molecule has 3 nitrogen and oxygen atoms in total. The van der Waals surface area contributed by atoms with E-state index in [1.807, 2.05) is 0 Å². The highest BCUT2D eigenvalue weighted by atomic mass is 16.5. The number of carbonyl (C=O) groups excluding carboxylic acids is 1. The van der Waals surface area contributed by atoms with Crippen molar-refractivity contribution in [2.45, 2.75) is 0 Å². The summed E-state index contributed by atoms with van der Waals surface area (Å²) < 4.78 is 9.41. The Kier molecular flexibility index (Phi) is 2.49. The lowest BCUT2D eigenvalue weighted by atomic mass is 10.3. The molecular formula is C8H8O3. The number of carbonyl (C=O) groups is 1. The van der Waals surface area contributed by atoms with Crippen LogP contribution in [0.2, 0.25) is 0 Å². The largest absolute Gasteiger partial charge is 0.472 e. The highest BCUT2D eigenvalue weighted by Gasteiger charge is 2.05. The fourth-order valence-electron chi connectivity index (χ4n) is 0.599. The Hall–Kier alpha value is -1.51. The molecule has 11 heavy (non-hydrogen) atoms. The normalized spacial score (nSPS) is 9.09. The Balaban J connectivity index is 2.49. The maximum atomic E-state index is 10.9. The molecule has 0 atom stereocenters. The second kappa shape index (κ2) is 3.61. The van der Waals surface area contributed by atoms with Gasteiger partial charge in [0, 0.05) is 0 Å². The molecule has 1 heterocycles. The van der Waals surface area contributed by atoms with Crippen molar-refractivity contribution in [3.8, 4) is 0 Å². The molecule has 0 saturated heterocycles. The number of esters is 1. The maximum Gasteiger partial charge on any atom is 0.341 e. The van der Waals surface area contributed by atoms with Gasteiger partial charge in [0.25, 0.3) is 0 Å². The molecule has 0 aliphatic carbocycles. The van der Waals surface area contributed by atoms with Crippen molar-refractivity contribution >= 4 is 5.97 Å². The van der Waals surface area contributed by atoms with Crippen LogP contribution in [0.1, 0.15) is 10.4 Å². The average molecular weight is 152 g/mol. The highest BCUT2D eigenvalue weighted by Crippen LogP contribution is 2.01. The molecule has 0 aromatic carbocycles. The monoisotopic (exact) mass is 152 g/mol. The van der Waals surface area contributed by atoms with Gasteiger partial charge in [-0.3, -0.25) is 0 Å². The first kappa shape index (κ1) is 7.60. The second-order valence-corrected chi connectivity index (χ2v) is 1.90. The van der Waals surface area contributed by atoms with Crippen LogP contribution in [0.15, 0.2) is 35.7 Å². The number of rotatable bonds is 3. The molecule has 0 N–H and O–H groups in total. The Morgan fingerprint density at radius 3 is 3.18 bits per heavy atom. The molecule has 0 fully saturated rings. The molecule has 0 aliphatic rings. The lowest BCUT2D eigenvalue weighted by Gasteiger charge is -1.96. The SMILES string of the molecule is C=CCOC(=O)c1ccoc1. The zero-order valence-electron chi connectivity index (χ0n) is 5.95. The summed E-state index contributed by atoms with van der Waals surface area (Å²) in [4.78, 5) is 10.9. The van der Waals surface area contributed by atoms with Gasteiger partial charge in [0.1, 0.15) is 12.9 Å². The quantitative estimate of drug-likeness (QED) is 0.488. The van der Waals surface area contributed by atoms with E-state index in [1.165, 1.54) is 18.6 Å². The van der Waals surface area contributed by atoms with Crippen LogP contribution >= 0.6 is 0 Å². The first-order valence-electron chi connectivity index (χ1n) is 3.15. The van der Waals surface area contributed by atoms with E-state index < -0.39 is 5.97 Å². The molecule has 58 valence electrons. The van der Waals surface area contributed by atoms with Crippen LogP contribution in [0.25, 0.3) is 0 Å². The van der Waals surface area contributed by atoms with Gasteiger partial charge in [-0.05, 0) is 6.07 Å². The smallest absolute Gasteiger partial charge is 0.341 e. The minimum Gasteiger partial charge on any atom is -0.472 e. The fraction of sp³-hybridized carbons (Fsp3) is 0.125. The van der Waals surface area contributed by atoms with Gasteiger partial charge >= 0.3 is 5.97 Å². The molecule has 0 spiro atoms. The van der Waals surface area contributed by atoms with E-state index in [9.17, 15) is 4.79 Å². The molecule has 0 saturated carbocycles. The number of hydrogen-bond donors (Lipinski definition) is 0. The molecule has 0 aliphatic heterocycles. The second-order valence-electron chi connectivity index (χ2n) is 1.90. The van der Waals surface area contributed by atoms with Crippen LogP contribution in [0.5, 0.6) is 0 Å². The van der Waals surface area contributed by atoms with Crippen LogP contribution in [0, 0.1) is 0 Å². The average Bonchev–Trinajstić information content (AvgIpc) is 2.52. The lowest BCUT2D eigenvalue weighted by Crippen LogP contribution is -2.02. The van der Waals surface area contributed by atoms with Gasteiger partial charge in [-0.25, -0.2) is 4.79 Å². The predicted molar refractivity (Wildman–Crippen MR) is 39.2 cm³/mol. The molecule has 0 amide bonds. The van der Waals surface area contributed by atoms with Crippen molar-refractivity contribution in [1.29, 1.82) is 0 Å². The van der Waals surface area contributed by atoms with Crippen LogP contribution in [-0.4, -0.2) is 12.6 Å². The van der Waals surface area contributed by atoms with Gasteiger partial charge in [-0.1, -0.05) is 12.7 Å². The lowest BCUT2D eigenvalue weighted by molar-refractivity contribution is 0.0549. The van der Waals surface area contributed by atoms with E-state index in [0.29, 0.717) is 5.56 Å². The van der Waals surface area contributed by atoms with Crippen molar-refractivity contribution in [3.05, 3.63) is 36.8 Å². The molecule has 1 aromatic rings. The molecule has 3 heteroatoms. The number of ether oxygens (including phenoxy) is 1. The zero-order chi connectivity index (χ0) is 8.10. The minimum atomic E-state index is -0.390. The standard InChI is InChI=1S/C8H8O3/c1-2-4-11-8(9)7-3-5-10-6-7/h2-3,5-6H,1,4H2. The van der Waals surface area contributed by atoms with Gasteiger partial charge in [-0.2, -0.15) is 0 Å². The summed E-state index contributed by atoms with van der Waals surface area (Å²) in [5.74, 6) is -0.390. The van der Waals surface area contributed by atoms with Crippen molar-refractivity contribution in [1.82, 2.24) is 0 Å². The third-order valence-corrected chi connectivity index (χ3v) is 1.09. The van der Waals surface area contributed by atoms with Crippen LogP contribution in [-0.2, 0) is 4.74 Å². The summed E-state index contributed by atoms with van der Waals surface area (Å²) in [6, 6.07) is 1.55. The Morgan fingerprint density at radius 2 is 2.64 bits per heavy atom. The van der Waals surface area contributed by atoms with Gasteiger partial charge in [0.2, 0.25) is 0 Å². The molecule has 0 bridgehead atoms. The Morgan fingerprint density at radius 1 is 1.82 bits per heavy atom. The van der Waals surface area contributed by atoms with Gasteiger partial charge in [-0.15, -0.1) is 0 Å². The van der Waals surface area contributed by atoms with Crippen LogP contribution in [0.3, 0.4) is 0 Å². The van der Waals surface area contributed by atoms with Crippen LogP contribution in [0.4, 0.5) is 0 Å². The van der Waals surface area contributed by atoms with E-state index >= 15 is 0 Å². The summed E-state index contributed by atoms with van der Waals surface area (Å²) in [5.41, 5.74) is 0.423. The Bertz CT molecular complexity index is 236. The Labute approximate surface area is 64.3 Å². The molecule has 1 rings (SSSR count).